The van der Waals surface area contributed by atoms with Gasteiger partial charge in [-0.25, -0.2) is 4.39 Å². The summed E-state index contributed by atoms with van der Waals surface area (Å²) in [4.78, 5) is 14.3. The van der Waals surface area contributed by atoms with Crippen LogP contribution in [0.2, 0.25) is 0 Å². The van der Waals surface area contributed by atoms with Crippen LogP contribution < -0.4 is 5.32 Å². The predicted molar refractivity (Wildman–Crippen MR) is 79.9 cm³/mol. The van der Waals surface area contributed by atoms with Gasteiger partial charge in [-0.3, -0.25) is 4.79 Å². The molecule has 1 heterocycles. The van der Waals surface area contributed by atoms with Crippen LogP contribution in [0.1, 0.15) is 36.5 Å². The number of nitrogens with zero attached hydrogens (tertiary/aromatic N) is 1. The molecule has 5 heteroatoms. The fourth-order valence-electron chi connectivity index (χ4n) is 2.79. The van der Waals surface area contributed by atoms with Crippen LogP contribution in [0.5, 0.6) is 5.75 Å². The van der Waals surface area contributed by atoms with Gasteiger partial charge in [-0.15, -0.1) is 0 Å². The molecule has 1 aliphatic rings. The minimum absolute atomic E-state index is 0.175. The molecule has 2 rings (SSSR count). The maximum absolute atomic E-state index is 13.0. The molecule has 1 unspecified atom stereocenters. The summed E-state index contributed by atoms with van der Waals surface area (Å²) in [5.74, 6) is -0.609. The van der Waals surface area contributed by atoms with Crippen molar-refractivity contribution in [2.75, 3.05) is 26.2 Å². The monoisotopic (exact) mass is 294 g/mol. The van der Waals surface area contributed by atoms with E-state index in [0.717, 1.165) is 38.4 Å². The van der Waals surface area contributed by atoms with Crippen molar-refractivity contribution in [2.24, 2.45) is 5.92 Å². The zero-order valence-corrected chi connectivity index (χ0v) is 12.4. The molecule has 0 aromatic heterocycles. The highest BCUT2D eigenvalue weighted by Crippen LogP contribution is 2.21. The smallest absolute Gasteiger partial charge is 0.257 e. The van der Waals surface area contributed by atoms with Gasteiger partial charge in [0.25, 0.3) is 5.91 Å². The Kier molecular flexibility index (Phi) is 5.56. The van der Waals surface area contributed by atoms with E-state index in [1.54, 1.807) is 4.90 Å². The van der Waals surface area contributed by atoms with Gasteiger partial charge in [-0.1, -0.05) is 6.92 Å². The maximum atomic E-state index is 13.0. The lowest BCUT2D eigenvalue weighted by Gasteiger charge is -2.30. The van der Waals surface area contributed by atoms with Gasteiger partial charge in [-0.05, 0) is 50.4 Å². The minimum atomic E-state index is -0.539. The number of carbonyl (C=O) groups excluding carboxylic acids is 1. The van der Waals surface area contributed by atoms with E-state index in [0.29, 0.717) is 19.0 Å². The Balaban J connectivity index is 2.10. The van der Waals surface area contributed by atoms with E-state index in [9.17, 15) is 14.3 Å². The van der Waals surface area contributed by atoms with Gasteiger partial charge in [0.1, 0.15) is 11.6 Å². The highest BCUT2D eigenvalue weighted by atomic mass is 19.1. The zero-order valence-electron chi connectivity index (χ0n) is 12.4. The number of phenols is 1. The first-order chi connectivity index (χ1) is 10.1. The van der Waals surface area contributed by atoms with Crippen LogP contribution in [0.3, 0.4) is 0 Å². The van der Waals surface area contributed by atoms with Crippen molar-refractivity contribution in [3.63, 3.8) is 0 Å². The number of aromatic hydroxyl groups is 1. The number of hydrogen-bond acceptors (Lipinski definition) is 3. The van der Waals surface area contributed by atoms with Crippen LogP contribution in [-0.2, 0) is 0 Å². The van der Waals surface area contributed by atoms with Crippen molar-refractivity contribution in [2.45, 2.75) is 26.2 Å². The summed E-state index contributed by atoms with van der Waals surface area (Å²) in [6.07, 6.45) is 3.09. The fraction of sp³-hybridized carbons (Fsp3) is 0.562. The van der Waals surface area contributed by atoms with Gasteiger partial charge < -0.3 is 15.3 Å². The number of benzene rings is 1. The third kappa shape index (κ3) is 4.17. The summed E-state index contributed by atoms with van der Waals surface area (Å²) in [5.41, 5.74) is 0.175. The van der Waals surface area contributed by atoms with Crippen LogP contribution >= 0.6 is 0 Å². The first-order valence-corrected chi connectivity index (χ1v) is 7.60. The molecule has 1 amide bonds. The molecule has 2 N–H and O–H groups in total. The third-order valence-corrected chi connectivity index (χ3v) is 3.85. The van der Waals surface area contributed by atoms with Gasteiger partial charge in [0.15, 0.2) is 0 Å². The Bertz CT molecular complexity index is 487. The lowest BCUT2D eigenvalue weighted by Crippen LogP contribution is -2.41. The van der Waals surface area contributed by atoms with E-state index in [-0.39, 0.29) is 17.2 Å². The number of phenolic OH excluding ortho intramolecular Hbond substituents is 1. The van der Waals surface area contributed by atoms with E-state index in [4.69, 9.17) is 0 Å². The van der Waals surface area contributed by atoms with Gasteiger partial charge in [0, 0.05) is 19.2 Å². The molecule has 0 aliphatic carbocycles. The summed E-state index contributed by atoms with van der Waals surface area (Å²) in [6, 6.07) is 3.55. The molecule has 1 aliphatic heterocycles. The first-order valence-electron chi connectivity index (χ1n) is 7.60. The van der Waals surface area contributed by atoms with E-state index in [2.05, 4.69) is 5.32 Å². The van der Waals surface area contributed by atoms with E-state index in [1.165, 1.54) is 12.1 Å². The van der Waals surface area contributed by atoms with Crippen molar-refractivity contribution in [3.8, 4) is 5.75 Å². The average Bonchev–Trinajstić information content (AvgIpc) is 2.47. The SMILES string of the molecule is CCCN(CC1CCCNC1)C(=O)c1ccc(F)cc1O. The lowest BCUT2D eigenvalue weighted by atomic mass is 9.98. The molecule has 1 saturated heterocycles. The molecule has 0 bridgehead atoms. The molecule has 1 atom stereocenters. The second-order valence-electron chi connectivity index (χ2n) is 5.63. The lowest BCUT2D eigenvalue weighted by molar-refractivity contribution is 0.0715. The molecule has 1 aromatic rings. The van der Waals surface area contributed by atoms with Crippen LogP contribution in [0.25, 0.3) is 0 Å². The van der Waals surface area contributed by atoms with Crippen molar-refractivity contribution >= 4 is 5.91 Å². The number of carbonyl (C=O) groups is 1. The quantitative estimate of drug-likeness (QED) is 0.876. The first kappa shape index (κ1) is 15.8. The summed E-state index contributed by atoms with van der Waals surface area (Å²) < 4.78 is 13.0. The van der Waals surface area contributed by atoms with E-state index >= 15 is 0 Å². The standard InChI is InChI=1S/C16H23FN2O2/c1-2-8-19(11-12-4-3-7-18-10-12)16(21)14-6-5-13(17)9-15(14)20/h5-6,9,12,18,20H,2-4,7-8,10-11H2,1H3. The Morgan fingerprint density at radius 3 is 2.95 bits per heavy atom. The molecule has 1 aromatic carbocycles. The maximum Gasteiger partial charge on any atom is 0.257 e. The Morgan fingerprint density at radius 1 is 1.52 bits per heavy atom. The second kappa shape index (κ2) is 7.41. The Hall–Kier alpha value is -1.62. The van der Waals surface area contributed by atoms with Crippen LogP contribution in [0.15, 0.2) is 18.2 Å². The summed E-state index contributed by atoms with van der Waals surface area (Å²) >= 11 is 0. The van der Waals surface area contributed by atoms with Gasteiger partial charge in [-0.2, -0.15) is 0 Å². The topological polar surface area (TPSA) is 52.6 Å². The highest BCUT2D eigenvalue weighted by Gasteiger charge is 2.23. The molecule has 21 heavy (non-hydrogen) atoms. The molecule has 116 valence electrons. The number of amides is 1. The summed E-state index contributed by atoms with van der Waals surface area (Å²) in [5, 5.41) is 13.1. The molecule has 4 nitrogen and oxygen atoms in total. The average molecular weight is 294 g/mol. The number of halogens is 1. The third-order valence-electron chi connectivity index (χ3n) is 3.85. The van der Waals surface area contributed by atoms with Gasteiger partial charge in [0.05, 0.1) is 5.56 Å². The molecule has 0 radical (unpaired) electrons. The summed E-state index contributed by atoms with van der Waals surface area (Å²) in [7, 11) is 0. The van der Waals surface area contributed by atoms with E-state index < -0.39 is 5.82 Å². The Morgan fingerprint density at radius 2 is 2.33 bits per heavy atom. The molecular weight excluding hydrogens is 271 g/mol. The largest absolute Gasteiger partial charge is 0.507 e. The van der Waals surface area contributed by atoms with Crippen molar-refractivity contribution in [1.82, 2.24) is 10.2 Å². The zero-order chi connectivity index (χ0) is 15.2. The molecular formula is C16H23FN2O2. The summed E-state index contributed by atoms with van der Waals surface area (Å²) in [6.45, 7) is 5.30. The minimum Gasteiger partial charge on any atom is -0.507 e. The second-order valence-corrected chi connectivity index (χ2v) is 5.63. The van der Waals surface area contributed by atoms with Crippen molar-refractivity contribution < 1.29 is 14.3 Å². The number of rotatable bonds is 5. The van der Waals surface area contributed by atoms with Gasteiger partial charge in [0.2, 0.25) is 0 Å². The molecule has 0 spiro atoms. The van der Waals surface area contributed by atoms with E-state index in [1.807, 2.05) is 6.92 Å². The highest BCUT2D eigenvalue weighted by molar-refractivity contribution is 5.96. The molecule has 1 fully saturated rings. The number of nitrogens with one attached hydrogen (secondary N) is 1. The van der Waals surface area contributed by atoms with Crippen molar-refractivity contribution in [3.05, 3.63) is 29.6 Å². The fourth-order valence-corrected chi connectivity index (χ4v) is 2.79. The Labute approximate surface area is 125 Å². The van der Waals surface area contributed by atoms with Crippen molar-refractivity contribution in [1.29, 1.82) is 0 Å². The number of hydrogen-bond donors (Lipinski definition) is 2. The normalized spacial score (nSPS) is 18.5. The number of piperidine rings is 1. The van der Waals surface area contributed by atoms with Crippen LogP contribution in [-0.4, -0.2) is 42.1 Å². The molecule has 0 saturated carbocycles. The van der Waals surface area contributed by atoms with Gasteiger partial charge >= 0.3 is 0 Å². The van der Waals surface area contributed by atoms with Crippen LogP contribution in [0, 0.1) is 11.7 Å². The predicted octanol–water partition coefficient (Wildman–Crippen LogP) is 2.38. The van der Waals surface area contributed by atoms with Crippen LogP contribution in [0.4, 0.5) is 4.39 Å².